The monoisotopic (exact) mass is 563 g/mol. The number of methoxy groups -OCH3 is 1. The van der Waals surface area contributed by atoms with Gasteiger partial charge in [-0.3, -0.25) is 4.79 Å². The molecule has 9 nitrogen and oxygen atoms in total. The Bertz CT molecular complexity index is 1500. The molecule has 3 heterocycles. The van der Waals surface area contributed by atoms with Crippen LogP contribution in [0.15, 0.2) is 40.4 Å². The third-order valence-corrected chi connectivity index (χ3v) is 9.08. The molecule has 1 saturated heterocycles. The smallest absolute Gasteiger partial charge is 0.295 e. The summed E-state index contributed by atoms with van der Waals surface area (Å²) in [7, 11) is 3.09. The van der Waals surface area contributed by atoms with Gasteiger partial charge in [-0.25, -0.2) is 15.0 Å². The lowest BCUT2D eigenvalue weighted by atomic mass is 9.73. The number of nitrogens with two attached hydrogens (primary N) is 2. The number of nitrogen functional groups attached to an aromatic ring is 1. The summed E-state index contributed by atoms with van der Waals surface area (Å²) in [5.41, 5.74) is 17.2. The zero-order valence-electron chi connectivity index (χ0n) is 22.0. The molecule has 39 heavy (non-hydrogen) atoms. The van der Waals surface area contributed by atoms with E-state index in [0.29, 0.717) is 21.7 Å². The molecule has 1 atom stereocenters. The van der Waals surface area contributed by atoms with Crippen LogP contribution in [0, 0.1) is 24.2 Å². The minimum Gasteiger partial charge on any atom is -0.480 e. The number of ether oxygens (including phenoxy) is 1. The van der Waals surface area contributed by atoms with Crippen LogP contribution in [-0.4, -0.2) is 48.1 Å². The first-order valence-electron chi connectivity index (χ1n) is 12.6. The van der Waals surface area contributed by atoms with Crippen LogP contribution >= 0.6 is 23.4 Å². The molecule has 1 aliphatic carbocycles. The van der Waals surface area contributed by atoms with E-state index in [4.69, 9.17) is 37.8 Å². The van der Waals surface area contributed by atoms with Gasteiger partial charge in [0.1, 0.15) is 10.0 Å². The highest BCUT2D eigenvalue weighted by molar-refractivity contribution is 7.99. The molecule has 3 aromatic rings. The van der Waals surface area contributed by atoms with E-state index in [-0.39, 0.29) is 17.4 Å². The molecule has 0 saturated carbocycles. The zero-order valence-corrected chi connectivity index (χ0v) is 23.6. The summed E-state index contributed by atoms with van der Waals surface area (Å²) in [6.07, 6.45) is 4.41. The topological polar surface area (TPSA) is 132 Å². The maximum atomic E-state index is 11.5. The van der Waals surface area contributed by atoms with E-state index in [9.17, 15) is 4.79 Å². The van der Waals surface area contributed by atoms with Gasteiger partial charge in [-0.05, 0) is 60.9 Å². The molecule has 11 heteroatoms. The van der Waals surface area contributed by atoms with Crippen molar-refractivity contribution in [3.63, 3.8) is 0 Å². The van der Waals surface area contributed by atoms with Gasteiger partial charge >= 0.3 is 0 Å². The number of carbonyl (C=O) groups is 1. The highest BCUT2D eigenvalue weighted by Gasteiger charge is 2.46. The number of nitrogens with zero attached hydrogens (tertiary/aromatic N) is 4. The number of hydrogen-bond donors (Lipinski definition) is 3. The molecule has 0 radical (unpaired) electrons. The number of aromatic nitrogens is 3. The van der Waals surface area contributed by atoms with Gasteiger partial charge in [0.05, 0.1) is 12.8 Å². The van der Waals surface area contributed by atoms with Crippen molar-refractivity contribution < 1.29 is 9.53 Å². The van der Waals surface area contributed by atoms with Crippen LogP contribution in [0.2, 0.25) is 5.02 Å². The van der Waals surface area contributed by atoms with E-state index in [1.165, 1.54) is 24.4 Å². The van der Waals surface area contributed by atoms with Crippen molar-refractivity contribution in [1.82, 2.24) is 20.3 Å². The summed E-state index contributed by atoms with van der Waals surface area (Å²) in [6, 6.07) is 7.81. The minimum atomic E-state index is -0.310. The van der Waals surface area contributed by atoms with Crippen LogP contribution in [-0.2, 0) is 11.2 Å². The molecule has 5 rings (SSSR count). The van der Waals surface area contributed by atoms with Crippen molar-refractivity contribution in [1.29, 1.82) is 0 Å². The predicted octanol–water partition coefficient (Wildman–Crippen LogP) is 3.52. The van der Waals surface area contributed by atoms with Crippen molar-refractivity contribution in [2.45, 2.75) is 42.1 Å². The van der Waals surface area contributed by atoms with E-state index in [0.717, 1.165) is 59.9 Å². The fraction of sp³-hybridized carbons (Fsp3) is 0.357. The average molecular weight is 564 g/mol. The molecule has 1 spiro atoms. The molecule has 0 bridgehead atoms. The highest BCUT2D eigenvalue weighted by Crippen LogP contribution is 2.51. The maximum absolute atomic E-state index is 11.5. The molecule has 1 fully saturated rings. The summed E-state index contributed by atoms with van der Waals surface area (Å²) in [4.78, 5) is 28.1. The third kappa shape index (κ3) is 5.22. The third-order valence-electron chi connectivity index (χ3n) is 7.55. The van der Waals surface area contributed by atoms with Gasteiger partial charge in [0.15, 0.2) is 11.6 Å². The number of piperidine rings is 1. The van der Waals surface area contributed by atoms with Crippen LogP contribution in [0.25, 0.3) is 0 Å². The molecule has 2 aliphatic rings. The lowest BCUT2D eigenvalue weighted by molar-refractivity contribution is -0.115. The van der Waals surface area contributed by atoms with Crippen LogP contribution in [0.1, 0.15) is 41.3 Å². The second-order valence-corrected chi connectivity index (χ2v) is 11.2. The Balaban J connectivity index is 1.30. The lowest BCUT2D eigenvalue weighted by Crippen LogP contribution is -2.45. The quantitative estimate of drug-likeness (QED) is 0.408. The summed E-state index contributed by atoms with van der Waals surface area (Å²) in [5, 5.41) is 3.51. The molecule has 2 aromatic heterocycles. The van der Waals surface area contributed by atoms with E-state index in [1.807, 2.05) is 19.1 Å². The summed E-state index contributed by atoms with van der Waals surface area (Å²) in [6.45, 7) is 3.56. The van der Waals surface area contributed by atoms with E-state index in [2.05, 4.69) is 33.1 Å². The van der Waals surface area contributed by atoms with Crippen LogP contribution < -0.4 is 26.4 Å². The lowest BCUT2D eigenvalue weighted by Gasteiger charge is -2.42. The normalized spacial score (nSPS) is 17.4. The summed E-state index contributed by atoms with van der Waals surface area (Å²) < 4.78 is 5.21. The number of hydrogen-bond acceptors (Lipinski definition) is 9. The minimum absolute atomic E-state index is 0.0223. The van der Waals surface area contributed by atoms with Crippen LogP contribution in [0.3, 0.4) is 0 Å². The van der Waals surface area contributed by atoms with Crippen LogP contribution in [0.5, 0.6) is 5.88 Å². The van der Waals surface area contributed by atoms with Crippen molar-refractivity contribution in [3.8, 4) is 17.7 Å². The number of rotatable bonds is 4. The number of halogens is 1. The van der Waals surface area contributed by atoms with E-state index in [1.54, 1.807) is 19.3 Å². The Morgan fingerprint density at radius 2 is 2.05 bits per heavy atom. The largest absolute Gasteiger partial charge is 0.480 e. The van der Waals surface area contributed by atoms with Gasteiger partial charge in [0.2, 0.25) is 5.88 Å². The van der Waals surface area contributed by atoms with Crippen molar-refractivity contribution in [3.05, 3.63) is 57.9 Å². The second-order valence-electron chi connectivity index (χ2n) is 9.80. The Labute approximate surface area is 237 Å². The Morgan fingerprint density at radius 3 is 2.77 bits per heavy atom. The maximum Gasteiger partial charge on any atom is 0.295 e. The van der Waals surface area contributed by atoms with Crippen molar-refractivity contribution in [2.75, 3.05) is 37.9 Å². The van der Waals surface area contributed by atoms with Crippen molar-refractivity contribution in [2.24, 2.45) is 11.1 Å². The second kappa shape index (κ2) is 10.9. The first kappa shape index (κ1) is 27.1. The number of pyridine rings is 1. The van der Waals surface area contributed by atoms with Gasteiger partial charge in [-0.1, -0.05) is 35.3 Å². The van der Waals surface area contributed by atoms with Crippen molar-refractivity contribution >= 4 is 40.9 Å². The van der Waals surface area contributed by atoms with Gasteiger partial charge in [0.25, 0.3) is 5.91 Å². The highest BCUT2D eigenvalue weighted by atomic mass is 35.5. The summed E-state index contributed by atoms with van der Waals surface area (Å²) >= 11 is 7.75. The molecule has 202 valence electrons. The molecular formula is C28H30ClN7O2S. The van der Waals surface area contributed by atoms with Gasteiger partial charge in [-0.2, -0.15) is 0 Å². The number of amides is 1. The van der Waals surface area contributed by atoms with Crippen LogP contribution in [0.4, 0.5) is 11.6 Å². The number of benzene rings is 1. The Morgan fingerprint density at radius 1 is 1.28 bits per heavy atom. The zero-order chi connectivity index (χ0) is 27.7. The molecular weight excluding hydrogens is 534 g/mol. The Kier molecular flexibility index (Phi) is 7.58. The standard InChI is InChI=1S/C28H30ClN7O2S/c1-16-25(35-24(31)27(34-16)39-20-8-11-33-26(38-3)22(20)29)36-12-9-28(10-13-36)15-18-6-4-17(5-7-21(37)32-2)14-19(18)23(28)30/h4,6,8,11,14,23H,9-10,12-13,15,30H2,1-3H3,(H2,31,35)(H,32,37)/t23-/m1/s1. The molecule has 1 aliphatic heterocycles. The first-order valence-corrected chi connectivity index (χ1v) is 13.8. The number of fused-ring (bicyclic) bond motifs is 1. The molecule has 1 aromatic carbocycles. The fourth-order valence-corrected chi connectivity index (χ4v) is 6.55. The SMILES string of the molecule is CNC(=O)C#Cc1ccc2c(c1)[C@@H](N)C1(CCN(c3nc(N)c(Sc4ccnc(OC)c4Cl)nc3C)CC1)C2. The number of aryl methyl sites for hydroxylation is 1. The van der Waals surface area contributed by atoms with E-state index >= 15 is 0 Å². The van der Waals surface area contributed by atoms with E-state index < -0.39 is 0 Å². The predicted molar refractivity (Wildman–Crippen MR) is 153 cm³/mol. The average Bonchev–Trinajstić information content (AvgIpc) is 3.21. The number of anilines is 2. The molecule has 0 unspecified atom stereocenters. The Hall–Kier alpha value is -3.52. The number of nitrogens with one attached hydrogen (secondary N) is 1. The fourth-order valence-electron chi connectivity index (χ4n) is 5.40. The molecule has 1 amide bonds. The summed E-state index contributed by atoms with van der Waals surface area (Å²) in [5.74, 6) is 6.72. The first-order chi connectivity index (χ1) is 18.7. The number of carbonyl (C=O) groups excluding carboxylic acids is 1. The van der Waals surface area contributed by atoms with Gasteiger partial charge < -0.3 is 26.4 Å². The van der Waals surface area contributed by atoms with Gasteiger partial charge in [0, 0.05) is 48.8 Å². The molecule has 5 N–H and O–H groups in total. The van der Waals surface area contributed by atoms with Gasteiger partial charge in [-0.15, -0.1) is 0 Å².